The van der Waals surface area contributed by atoms with Gasteiger partial charge in [0.2, 0.25) is 0 Å². The first-order chi connectivity index (χ1) is 34.7. The van der Waals surface area contributed by atoms with Crippen molar-refractivity contribution < 1.29 is 9.47 Å². The highest BCUT2D eigenvalue weighted by Crippen LogP contribution is 2.54. The fourth-order valence-corrected chi connectivity index (χ4v) is 12.4. The van der Waals surface area contributed by atoms with Crippen molar-refractivity contribution in [1.29, 1.82) is 0 Å². The normalized spacial score (nSPS) is 12.5. The molecule has 14 aromatic carbocycles. The van der Waals surface area contributed by atoms with Crippen LogP contribution in [0, 0.1) is 0 Å². The Labute approximate surface area is 403 Å². The summed E-state index contributed by atoms with van der Waals surface area (Å²) in [6.07, 6.45) is 0. The van der Waals surface area contributed by atoms with Crippen molar-refractivity contribution >= 4 is 75.4 Å². The topological polar surface area (TPSA) is 18.5 Å². The van der Waals surface area contributed by atoms with Gasteiger partial charge in [0.1, 0.15) is 23.0 Å². The zero-order chi connectivity index (χ0) is 45.6. The van der Waals surface area contributed by atoms with Crippen LogP contribution < -0.4 is 9.47 Å². The van der Waals surface area contributed by atoms with E-state index in [0.29, 0.717) is 0 Å². The SMILES string of the molecule is c1ccc2c(c1)Oc1ccc(-c3cc(-c4cccc5ccccc45)c4ccc5c(-c6ccc7c(c6)Oc6cccc8cccc-7c68)cc(-c6cccc7ccccc67)c6ccc3c4c56)c3cccc-2c13. The van der Waals surface area contributed by atoms with Crippen LogP contribution in [0.2, 0.25) is 0 Å². The Morgan fingerprint density at radius 3 is 1.30 bits per heavy atom. The van der Waals surface area contributed by atoms with Gasteiger partial charge in [0.05, 0.1) is 0 Å². The number of rotatable bonds is 4. The van der Waals surface area contributed by atoms with Crippen molar-refractivity contribution in [3.63, 3.8) is 0 Å². The molecular weight excluding hydrogens is 849 g/mol. The van der Waals surface area contributed by atoms with Crippen molar-refractivity contribution in [3.05, 3.63) is 231 Å². The molecule has 0 saturated heterocycles. The summed E-state index contributed by atoms with van der Waals surface area (Å²) in [5.41, 5.74) is 14.1. The highest BCUT2D eigenvalue weighted by molar-refractivity contribution is 6.33. The van der Waals surface area contributed by atoms with Crippen molar-refractivity contribution in [2.24, 2.45) is 0 Å². The molecule has 0 atom stereocenters. The second kappa shape index (κ2) is 14.1. The Morgan fingerprint density at radius 2 is 0.600 bits per heavy atom. The van der Waals surface area contributed by atoms with Gasteiger partial charge in [0.15, 0.2) is 0 Å². The molecule has 0 aliphatic carbocycles. The molecule has 0 unspecified atom stereocenters. The van der Waals surface area contributed by atoms with Crippen LogP contribution in [0.25, 0.3) is 142 Å². The van der Waals surface area contributed by atoms with Gasteiger partial charge in [-0.1, -0.05) is 188 Å². The Morgan fingerprint density at radius 1 is 0.186 bits per heavy atom. The minimum atomic E-state index is 0.871. The van der Waals surface area contributed by atoms with E-state index in [-0.39, 0.29) is 0 Å². The van der Waals surface area contributed by atoms with Gasteiger partial charge in [-0.3, -0.25) is 0 Å². The van der Waals surface area contributed by atoms with Gasteiger partial charge in [-0.2, -0.15) is 0 Å². The molecule has 0 bridgehead atoms. The van der Waals surface area contributed by atoms with E-state index in [2.05, 4.69) is 224 Å². The number of hydrogen-bond acceptors (Lipinski definition) is 2. The van der Waals surface area contributed by atoms with Crippen molar-refractivity contribution in [1.82, 2.24) is 0 Å². The smallest absolute Gasteiger partial charge is 0.135 e. The number of hydrogen-bond donors (Lipinski definition) is 0. The molecule has 2 aliphatic heterocycles. The zero-order valence-electron chi connectivity index (χ0n) is 37.8. The van der Waals surface area contributed by atoms with Crippen LogP contribution in [0.4, 0.5) is 0 Å². The minimum Gasteiger partial charge on any atom is -0.456 e. The molecule has 0 aromatic heterocycles. The van der Waals surface area contributed by atoms with Crippen molar-refractivity contribution in [3.8, 4) is 89.8 Å². The Balaban J connectivity index is 1.04. The van der Waals surface area contributed by atoms with Gasteiger partial charge >= 0.3 is 0 Å². The van der Waals surface area contributed by atoms with Crippen LogP contribution in [0.5, 0.6) is 23.0 Å². The summed E-state index contributed by atoms with van der Waals surface area (Å²) in [5, 5.41) is 17.0. The first kappa shape index (κ1) is 37.8. The van der Waals surface area contributed by atoms with Gasteiger partial charge < -0.3 is 9.47 Å². The number of ether oxygens (including phenoxy) is 2. The number of para-hydroxylation sites is 1. The van der Waals surface area contributed by atoms with Gasteiger partial charge in [0.25, 0.3) is 0 Å². The largest absolute Gasteiger partial charge is 0.456 e. The average Bonchev–Trinajstić information content (AvgIpc) is 3.42. The standard InChI is InChI=1S/C68H38O2/c1-3-18-43-39(12-1)14-7-21-45(43)58-37-57(42-28-29-49-51-23-9-16-41-17-10-27-62(65(41)51)70-64(49)36-42)53-30-31-55-59(46-22-8-15-40-13-2-4-19-44(40)46)38-60(56-33-32-54(58)67(53)68(55)56)47-34-35-63-66-50(47)24-11-25-52(66)48-20-5-6-26-61(48)69-63/h1-38H. The highest BCUT2D eigenvalue weighted by Gasteiger charge is 2.27. The molecule has 0 spiro atoms. The molecular formula is C68H38O2. The fourth-order valence-electron chi connectivity index (χ4n) is 12.4. The monoisotopic (exact) mass is 886 g/mol. The second-order valence-electron chi connectivity index (χ2n) is 19.0. The highest BCUT2D eigenvalue weighted by atomic mass is 16.5. The van der Waals surface area contributed by atoms with Crippen LogP contribution in [0.1, 0.15) is 0 Å². The first-order valence-electron chi connectivity index (χ1n) is 24.1. The molecule has 0 radical (unpaired) electrons. The maximum Gasteiger partial charge on any atom is 0.135 e. The van der Waals surface area contributed by atoms with Crippen LogP contribution in [-0.2, 0) is 0 Å². The van der Waals surface area contributed by atoms with E-state index in [0.717, 1.165) is 50.5 Å². The number of fused-ring (bicyclic) bond motifs is 6. The quantitative estimate of drug-likeness (QED) is 0.164. The lowest BCUT2D eigenvalue weighted by molar-refractivity contribution is 0.487. The second-order valence-corrected chi connectivity index (χ2v) is 19.0. The molecule has 322 valence electrons. The van der Waals surface area contributed by atoms with E-state index in [1.807, 2.05) is 6.07 Å². The van der Waals surface area contributed by atoms with Gasteiger partial charge in [0, 0.05) is 21.9 Å². The maximum atomic E-state index is 6.85. The third-order valence-corrected chi connectivity index (χ3v) is 15.4. The van der Waals surface area contributed by atoms with Crippen molar-refractivity contribution in [2.45, 2.75) is 0 Å². The first-order valence-corrected chi connectivity index (χ1v) is 24.1. The Kier molecular flexibility index (Phi) is 7.64. The molecule has 0 N–H and O–H groups in total. The lowest BCUT2D eigenvalue weighted by Gasteiger charge is -2.25. The summed E-state index contributed by atoms with van der Waals surface area (Å²) in [4.78, 5) is 0. The Bertz CT molecular complexity index is 4580. The maximum absolute atomic E-state index is 6.85. The zero-order valence-corrected chi connectivity index (χ0v) is 37.8. The molecule has 2 nitrogen and oxygen atoms in total. The molecule has 0 fully saturated rings. The van der Waals surface area contributed by atoms with Crippen molar-refractivity contribution in [2.75, 3.05) is 0 Å². The predicted molar refractivity (Wildman–Crippen MR) is 293 cm³/mol. The Hall–Kier alpha value is -9.24. The summed E-state index contributed by atoms with van der Waals surface area (Å²) in [6, 6.07) is 84.8. The van der Waals surface area contributed by atoms with Crippen LogP contribution in [0.3, 0.4) is 0 Å². The summed E-state index contributed by atoms with van der Waals surface area (Å²) in [5.74, 6) is 3.55. The minimum absolute atomic E-state index is 0.871. The third-order valence-electron chi connectivity index (χ3n) is 15.4. The van der Waals surface area contributed by atoms with E-state index in [9.17, 15) is 0 Å². The molecule has 2 heteroatoms. The molecule has 70 heavy (non-hydrogen) atoms. The third kappa shape index (κ3) is 5.22. The van der Waals surface area contributed by atoms with Crippen LogP contribution in [-0.4, -0.2) is 0 Å². The lowest BCUT2D eigenvalue weighted by Crippen LogP contribution is -1.99. The lowest BCUT2D eigenvalue weighted by atomic mass is 9.80. The number of benzene rings is 14. The van der Waals surface area contributed by atoms with Gasteiger partial charge in [-0.15, -0.1) is 0 Å². The molecule has 0 amide bonds. The van der Waals surface area contributed by atoms with Gasteiger partial charge in [-0.05, 0) is 163 Å². The fraction of sp³-hybridized carbons (Fsp3) is 0. The van der Waals surface area contributed by atoms with E-state index in [4.69, 9.17) is 9.47 Å². The van der Waals surface area contributed by atoms with E-state index >= 15 is 0 Å². The summed E-state index contributed by atoms with van der Waals surface area (Å²) >= 11 is 0. The van der Waals surface area contributed by atoms with Gasteiger partial charge in [-0.25, -0.2) is 0 Å². The van der Waals surface area contributed by atoms with Crippen LogP contribution in [0.15, 0.2) is 231 Å². The van der Waals surface area contributed by atoms with Crippen LogP contribution >= 0.6 is 0 Å². The molecule has 2 heterocycles. The summed E-state index contributed by atoms with van der Waals surface area (Å²) < 4.78 is 13.5. The molecule has 2 aliphatic rings. The molecule has 14 aromatic rings. The molecule has 0 saturated carbocycles. The predicted octanol–water partition coefficient (Wildman–Crippen LogP) is 19.4. The summed E-state index contributed by atoms with van der Waals surface area (Å²) in [6.45, 7) is 0. The average molecular weight is 887 g/mol. The molecule has 16 rings (SSSR count). The van der Waals surface area contributed by atoms with E-state index in [1.54, 1.807) is 0 Å². The van der Waals surface area contributed by atoms with E-state index < -0.39 is 0 Å². The van der Waals surface area contributed by atoms with E-state index in [1.165, 1.54) is 115 Å². The summed E-state index contributed by atoms with van der Waals surface area (Å²) in [7, 11) is 0.